The Morgan fingerprint density at radius 1 is 1.36 bits per heavy atom. The molecule has 0 bridgehead atoms. The normalized spacial score (nSPS) is 18.0. The van der Waals surface area contributed by atoms with Crippen LogP contribution >= 0.6 is 11.6 Å². The van der Waals surface area contributed by atoms with Crippen LogP contribution < -0.4 is 0 Å². The van der Waals surface area contributed by atoms with E-state index < -0.39 is 0 Å². The Bertz CT molecular complexity index is 946. The molecule has 3 aromatic rings. The van der Waals surface area contributed by atoms with Crippen LogP contribution in [-0.4, -0.2) is 48.0 Å². The fourth-order valence-corrected chi connectivity index (χ4v) is 3.68. The smallest absolute Gasteiger partial charge is 0.276 e. The standard InChI is InChI=1S/C17H19ClN6O/c1-11-8-20-16-13(18)14(21-24(16)9-11)17(25)23-6-3-4-12(10-23)15-19-5-7-22(15)2/h5,7-9,12H,3-4,6,10H2,1-2H3. The van der Waals surface area contributed by atoms with Crippen molar-refractivity contribution in [3.63, 3.8) is 0 Å². The topological polar surface area (TPSA) is 68.3 Å². The Kier molecular flexibility index (Phi) is 3.95. The Labute approximate surface area is 150 Å². The molecule has 1 fully saturated rings. The number of rotatable bonds is 2. The highest BCUT2D eigenvalue weighted by Crippen LogP contribution is 2.28. The fraction of sp³-hybridized carbons (Fsp3) is 0.412. The first-order valence-corrected chi connectivity index (χ1v) is 8.69. The summed E-state index contributed by atoms with van der Waals surface area (Å²) in [7, 11) is 1.98. The number of aromatic nitrogens is 5. The zero-order chi connectivity index (χ0) is 17.6. The molecule has 130 valence electrons. The van der Waals surface area contributed by atoms with E-state index in [1.807, 2.05) is 35.8 Å². The van der Waals surface area contributed by atoms with Gasteiger partial charge in [0.25, 0.3) is 5.91 Å². The van der Waals surface area contributed by atoms with Crippen LogP contribution in [0.1, 0.15) is 40.6 Å². The lowest BCUT2D eigenvalue weighted by Gasteiger charge is -2.32. The molecule has 1 aliphatic rings. The number of piperidine rings is 1. The van der Waals surface area contributed by atoms with Gasteiger partial charge < -0.3 is 9.47 Å². The maximum Gasteiger partial charge on any atom is 0.276 e. The number of likely N-dealkylation sites (tertiary alicyclic amines) is 1. The van der Waals surface area contributed by atoms with E-state index in [1.165, 1.54) is 0 Å². The third kappa shape index (κ3) is 2.78. The Hall–Kier alpha value is -2.41. The summed E-state index contributed by atoms with van der Waals surface area (Å²) in [4.78, 5) is 23.5. The number of fused-ring (bicyclic) bond motifs is 1. The molecule has 25 heavy (non-hydrogen) atoms. The zero-order valence-corrected chi connectivity index (χ0v) is 14.9. The van der Waals surface area contributed by atoms with Crippen LogP contribution in [0, 0.1) is 6.92 Å². The van der Waals surface area contributed by atoms with Crippen molar-refractivity contribution in [2.45, 2.75) is 25.7 Å². The molecule has 1 aliphatic heterocycles. The summed E-state index contributed by atoms with van der Waals surface area (Å²) in [5.74, 6) is 1.09. The van der Waals surface area contributed by atoms with Gasteiger partial charge in [-0.2, -0.15) is 5.10 Å². The molecule has 3 aromatic heterocycles. The second-order valence-electron chi connectivity index (χ2n) is 6.55. The molecule has 1 atom stereocenters. The van der Waals surface area contributed by atoms with Crippen LogP contribution in [0.3, 0.4) is 0 Å². The minimum atomic E-state index is -0.146. The highest BCUT2D eigenvalue weighted by Gasteiger charge is 2.30. The maximum atomic E-state index is 13.0. The molecular formula is C17H19ClN6O. The molecule has 1 amide bonds. The molecule has 1 saturated heterocycles. The monoisotopic (exact) mass is 358 g/mol. The first-order valence-electron chi connectivity index (χ1n) is 8.31. The van der Waals surface area contributed by atoms with Gasteiger partial charge in [0.15, 0.2) is 11.3 Å². The maximum absolute atomic E-state index is 13.0. The molecule has 8 heteroatoms. The van der Waals surface area contributed by atoms with E-state index in [9.17, 15) is 4.79 Å². The molecule has 4 rings (SSSR count). The first kappa shape index (κ1) is 16.1. The highest BCUT2D eigenvalue weighted by molar-refractivity contribution is 6.36. The third-order valence-corrected chi connectivity index (χ3v) is 5.03. The van der Waals surface area contributed by atoms with Gasteiger partial charge >= 0.3 is 0 Å². The SMILES string of the molecule is Cc1cnc2c(Cl)c(C(=O)N3CCCC(c4nccn4C)C3)nn2c1. The van der Waals surface area contributed by atoms with Crippen molar-refractivity contribution >= 4 is 23.2 Å². The molecule has 1 unspecified atom stereocenters. The van der Waals surface area contributed by atoms with Crippen LogP contribution in [0.2, 0.25) is 5.02 Å². The second kappa shape index (κ2) is 6.15. The van der Waals surface area contributed by atoms with E-state index in [1.54, 1.807) is 16.9 Å². The number of hydrogen-bond acceptors (Lipinski definition) is 4. The van der Waals surface area contributed by atoms with E-state index in [-0.39, 0.29) is 17.5 Å². The molecule has 4 heterocycles. The molecule has 0 aromatic carbocycles. The summed E-state index contributed by atoms with van der Waals surface area (Å²) in [5, 5.41) is 4.67. The van der Waals surface area contributed by atoms with Crippen LogP contribution in [0.4, 0.5) is 0 Å². The molecule has 0 N–H and O–H groups in total. The largest absolute Gasteiger partial charge is 0.338 e. The predicted molar refractivity (Wildman–Crippen MR) is 93.8 cm³/mol. The number of carbonyl (C=O) groups excluding carboxylic acids is 1. The summed E-state index contributed by atoms with van der Waals surface area (Å²) >= 11 is 6.37. The number of hydrogen-bond donors (Lipinski definition) is 0. The summed E-state index contributed by atoms with van der Waals surface area (Å²) < 4.78 is 3.59. The first-order chi connectivity index (χ1) is 12.0. The minimum absolute atomic E-state index is 0.146. The van der Waals surface area contributed by atoms with Gasteiger partial charge in [0.1, 0.15) is 10.8 Å². The molecular weight excluding hydrogens is 340 g/mol. The lowest BCUT2D eigenvalue weighted by Crippen LogP contribution is -2.40. The fourth-order valence-electron chi connectivity index (χ4n) is 3.43. The van der Waals surface area contributed by atoms with Crippen molar-refractivity contribution in [2.75, 3.05) is 13.1 Å². The summed E-state index contributed by atoms with van der Waals surface area (Å²) in [5.41, 5.74) is 1.73. The third-order valence-electron chi connectivity index (χ3n) is 4.68. The van der Waals surface area contributed by atoms with Crippen LogP contribution in [0.15, 0.2) is 24.8 Å². The van der Waals surface area contributed by atoms with E-state index in [0.29, 0.717) is 23.8 Å². The van der Waals surface area contributed by atoms with Gasteiger partial charge in [-0.1, -0.05) is 11.6 Å². The Morgan fingerprint density at radius 3 is 2.96 bits per heavy atom. The number of imidazole rings is 1. The molecule has 7 nitrogen and oxygen atoms in total. The number of amides is 1. The minimum Gasteiger partial charge on any atom is -0.338 e. The Balaban J connectivity index is 1.62. The second-order valence-corrected chi connectivity index (χ2v) is 6.93. The van der Waals surface area contributed by atoms with Gasteiger partial charge in [0, 0.05) is 50.8 Å². The quantitative estimate of drug-likeness (QED) is 0.705. The van der Waals surface area contributed by atoms with Gasteiger partial charge in [-0.15, -0.1) is 0 Å². The van der Waals surface area contributed by atoms with Gasteiger partial charge in [0.05, 0.1) is 0 Å². The van der Waals surface area contributed by atoms with Crippen molar-refractivity contribution in [3.8, 4) is 0 Å². The average Bonchev–Trinajstić information content (AvgIpc) is 3.18. The molecule has 0 radical (unpaired) electrons. The molecule has 0 spiro atoms. The van der Waals surface area contributed by atoms with Gasteiger partial charge in [-0.25, -0.2) is 14.5 Å². The average molecular weight is 359 g/mol. The van der Waals surface area contributed by atoms with E-state index >= 15 is 0 Å². The Morgan fingerprint density at radius 2 is 2.20 bits per heavy atom. The summed E-state index contributed by atoms with van der Waals surface area (Å²) in [6, 6.07) is 0. The van der Waals surface area contributed by atoms with E-state index in [4.69, 9.17) is 11.6 Å². The zero-order valence-electron chi connectivity index (χ0n) is 14.2. The van der Waals surface area contributed by atoms with Gasteiger partial charge in [0.2, 0.25) is 0 Å². The number of halogens is 1. The highest BCUT2D eigenvalue weighted by atomic mass is 35.5. The van der Waals surface area contributed by atoms with Crippen LogP contribution in [-0.2, 0) is 7.05 Å². The van der Waals surface area contributed by atoms with Gasteiger partial charge in [-0.3, -0.25) is 4.79 Å². The van der Waals surface area contributed by atoms with Crippen molar-refractivity contribution in [1.82, 2.24) is 29.0 Å². The summed E-state index contributed by atoms with van der Waals surface area (Å²) in [6.45, 7) is 3.25. The van der Waals surface area contributed by atoms with Crippen molar-refractivity contribution in [3.05, 3.63) is 46.9 Å². The number of carbonyl (C=O) groups is 1. The lowest BCUT2D eigenvalue weighted by molar-refractivity contribution is 0.0697. The van der Waals surface area contributed by atoms with Crippen LogP contribution in [0.25, 0.3) is 5.65 Å². The lowest BCUT2D eigenvalue weighted by atomic mass is 9.97. The number of aryl methyl sites for hydroxylation is 2. The molecule has 0 saturated carbocycles. The van der Waals surface area contributed by atoms with Crippen molar-refractivity contribution in [1.29, 1.82) is 0 Å². The van der Waals surface area contributed by atoms with Gasteiger partial charge in [-0.05, 0) is 25.3 Å². The van der Waals surface area contributed by atoms with Crippen LogP contribution in [0.5, 0.6) is 0 Å². The molecule has 0 aliphatic carbocycles. The van der Waals surface area contributed by atoms with E-state index in [0.717, 1.165) is 24.2 Å². The number of nitrogens with zero attached hydrogens (tertiary/aromatic N) is 6. The van der Waals surface area contributed by atoms with Crippen molar-refractivity contribution in [2.24, 2.45) is 7.05 Å². The summed E-state index contributed by atoms with van der Waals surface area (Å²) in [6.07, 6.45) is 9.22. The predicted octanol–water partition coefficient (Wildman–Crippen LogP) is 2.44. The van der Waals surface area contributed by atoms with Crippen molar-refractivity contribution < 1.29 is 4.79 Å². The van der Waals surface area contributed by atoms with E-state index in [2.05, 4.69) is 15.1 Å².